The second-order valence-corrected chi connectivity index (χ2v) is 4.65. The van der Waals surface area contributed by atoms with Gasteiger partial charge in [-0.1, -0.05) is 11.6 Å². The van der Waals surface area contributed by atoms with Crippen LogP contribution in [0.5, 0.6) is 0 Å². The van der Waals surface area contributed by atoms with Crippen LogP contribution in [0.2, 0.25) is 5.02 Å². The summed E-state index contributed by atoms with van der Waals surface area (Å²) >= 11 is 6.16. The average molecular weight is 265 g/mol. The van der Waals surface area contributed by atoms with E-state index in [2.05, 4.69) is 26.8 Å². The number of hydrogen-bond donors (Lipinski definition) is 2. The molecule has 1 atom stereocenters. The smallest absolute Gasteiger partial charge is 0.112 e. The largest absolute Gasteiger partial charge is 0.378 e. The third-order valence-corrected chi connectivity index (χ3v) is 3.17. The maximum Gasteiger partial charge on any atom is 0.112 e. The Kier molecular flexibility index (Phi) is 3.27. The fourth-order valence-corrected chi connectivity index (χ4v) is 2.33. The highest BCUT2D eigenvalue weighted by atomic mass is 35.5. The first kappa shape index (κ1) is 11.6. The normalized spacial score (nSPS) is 19.9. The van der Waals surface area contributed by atoms with Crippen LogP contribution in [-0.4, -0.2) is 35.2 Å². The Morgan fingerprint density at radius 3 is 3.00 bits per heavy atom. The molecule has 1 saturated heterocycles. The molecule has 1 aliphatic heterocycles. The molecular formula is C12H13ClN4O. The molecule has 2 heterocycles. The third kappa shape index (κ3) is 2.38. The van der Waals surface area contributed by atoms with Gasteiger partial charge in [0, 0.05) is 17.1 Å². The van der Waals surface area contributed by atoms with Gasteiger partial charge >= 0.3 is 0 Å². The quantitative estimate of drug-likeness (QED) is 0.868. The summed E-state index contributed by atoms with van der Waals surface area (Å²) in [7, 11) is 0. The predicted molar refractivity (Wildman–Crippen MR) is 68.4 cm³/mol. The van der Waals surface area contributed by atoms with E-state index in [-0.39, 0.29) is 6.04 Å². The molecule has 1 aromatic carbocycles. The number of morpholine rings is 1. The van der Waals surface area contributed by atoms with Crippen LogP contribution in [-0.2, 0) is 4.74 Å². The van der Waals surface area contributed by atoms with Gasteiger partial charge in [0.1, 0.15) is 5.69 Å². The predicted octanol–water partition coefficient (Wildman–Crippen LogP) is 1.79. The molecule has 94 valence electrons. The second-order valence-electron chi connectivity index (χ2n) is 4.21. The summed E-state index contributed by atoms with van der Waals surface area (Å²) in [6.07, 6.45) is 1.68. The minimum absolute atomic E-state index is 0.183. The minimum atomic E-state index is 0.183. The molecule has 0 radical (unpaired) electrons. The van der Waals surface area contributed by atoms with Crippen LogP contribution in [0.15, 0.2) is 24.4 Å². The van der Waals surface area contributed by atoms with Crippen LogP contribution in [0.3, 0.4) is 0 Å². The number of aromatic nitrogens is 3. The topological polar surface area (TPSA) is 62.8 Å². The molecule has 0 bridgehead atoms. The van der Waals surface area contributed by atoms with Gasteiger partial charge < -0.3 is 10.1 Å². The zero-order valence-corrected chi connectivity index (χ0v) is 10.4. The van der Waals surface area contributed by atoms with E-state index in [0.717, 1.165) is 30.0 Å². The molecule has 2 aromatic rings. The van der Waals surface area contributed by atoms with Crippen LogP contribution in [0.1, 0.15) is 11.6 Å². The van der Waals surface area contributed by atoms with Crippen molar-refractivity contribution in [3.8, 4) is 11.3 Å². The van der Waals surface area contributed by atoms with E-state index >= 15 is 0 Å². The van der Waals surface area contributed by atoms with Crippen molar-refractivity contribution >= 4 is 11.6 Å². The van der Waals surface area contributed by atoms with Gasteiger partial charge in [-0.05, 0) is 23.8 Å². The highest BCUT2D eigenvalue weighted by molar-refractivity contribution is 6.30. The molecule has 6 heteroatoms. The maximum atomic E-state index is 6.16. The van der Waals surface area contributed by atoms with E-state index in [4.69, 9.17) is 16.3 Å². The zero-order valence-electron chi connectivity index (χ0n) is 9.69. The van der Waals surface area contributed by atoms with E-state index in [1.165, 1.54) is 0 Å². The fraction of sp³-hybridized carbons (Fsp3) is 0.333. The van der Waals surface area contributed by atoms with Gasteiger partial charge in [-0.25, -0.2) is 0 Å². The summed E-state index contributed by atoms with van der Waals surface area (Å²) in [5.74, 6) is 0. The molecule has 1 aliphatic rings. The maximum absolute atomic E-state index is 6.16. The van der Waals surface area contributed by atoms with Gasteiger partial charge in [0.15, 0.2) is 0 Å². The van der Waals surface area contributed by atoms with Crippen molar-refractivity contribution in [2.24, 2.45) is 0 Å². The van der Waals surface area contributed by atoms with Crippen LogP contribution in [0, 0.1) is 0 Å². The molecule has 0 aliphatic carbocycles. The molecular weight excluding hydrogens is 252 g/mol. The van der Waals surface area contributed by atoms with Gasteiger partial charge in [0.25, 0.3) is 0 Å². The summed E-state index contributed by atoms with van der Waals surface area (Å²) in [6.45, 7) is 2.28. The molecule has 18 heavy (non-hydrogen) atoms. The molecule has 5 nitrogen and oxygen atoms in total. The summed E-state index contributed by atoms with van der Waals surface area (Å²) in [4.78, 5) is 0. The molecule has 0 saturated carbocycles. The molecule has 0 spiro atoms. The number of hydrogen-bond acceptors (Lipinski definition) is 4. The number of halogens is 1. The van der Waals surface area contributed by atoms with E-state index in [1.807, 2.05) is 12.1 Å². The fourth-order valence-electron chi connectivity index (χ4n) is 2.08. The van der Waals surface area contributed by atoms with Crippen molar-refractivity contribution in [1.82, 2.24) is 20.7 Å². The number of benzene rings is 1. The Balaban J connectivity index is 1.95. The van der Waals surface area contributed by atoms with Crippen molar-refractivity contribution in [2.75, 3.05) is 19.8 Å². The molecule has 2 N–H and O–H groups in total. The lowest BCUT2D eigenvalue weighted by Gasteiger charge is -2.24. The summed E-state index contributed by atoms with van der Waals surface area (Å²) in [6, 6.07) is 6.09. The molecule has 1 unspecified atom stereocenters. The Hall–Kier alpha value is -1.43. The first-order chi connectivity index (χ1) is 8.83. The SMILES string of the molecule is Clc1cc(-c2cn[nH]n2)cc(C2COCCN2)c1. The van der Waals surface area contributed by atoms with Crippen LogP contribution >= 0.6 is 11.6 Å². The van der Waals surface area contributed by atoms with Crippen molar-refractivity contribution in [3.05, 3.63) is 35.0 Å². The summed E-state index contributed by atoms with van der Waals surface area (Å²) in [5.41, 5.74) is 2.86. The Morgan fingerprint density at radius 2 is 2.28 bits per heavy atom. The van der Waals surface area contributed by atoms with Crippen LogP contribution in [0.25, 0.3) is 11.3 Å². The monoisotopic (exact) mass is 264 g/mol. The number of rotatable bonds is 2. The minimum Gasteiger partial charge on any atom is -0.378 e. The molecule has 3 rings (SSSR count). The van der Waals surface area contributed by atoms with E-state index < -0.39 is 0 Å². The third-order valence-electron chi connectivity index (χ3n) is 2.95. The van der Waals surface area contributed by atoms with Gasteiger partial charge in [0.2, 0.25) is 0 Å². The molecule has 1 aromatic heterocycles. The highest BCUT2D eigenvalue weighted by Gasteiger charge is 2.16. The Bertz CT molecular complexity index is 523. The molecule has 0 amide bonds. The van der Waals surface area contributed by atoms with Crippen molar-refractivity contribution in [1.29, 1.82) is 0 Å². The number of nitrogens with one attached hydrogen (secondary N) is 2. The van der Waals surface area contributed by atoms with Gasteiger partial charge in [-0.3, -0.25) is 0 Å². The van der Waals surface area contributed by atoms with Gasteiger partial charge in [0.05, 0.1) is 25.5 Å². The lowest BCUT2D eigenvalue weighted by molar-refractivity contribution is 0.0769. The van der Waals surface area contributed by atoms with E-state index in [9.17, 15) is 0 Å². The number of H-pyrrole nitrogens is 1. The summed E-state index contributed by atoms with van der Waals surface area (Å²) in [5, 5.41) is 14.6. The van der Waals surface area contributed by atoms with Gasteiger partial charge in [-0.15, -0.1) is 0 Å². The zero-order chi connectivity index (χ0) is 12.4. The summed E-state index contributed by atoms with van der Waals surface area (Å²) < 4.78 is 5.47. The van der Waals surface area contributed by atoms with Crippen LogP contribution < -0.4 is 5.32 Å². The van der Waals surface area contributed by atoms with E-state index in [1.54, 1.807) is 6.20 Å². The Labute approximate surface area is 109 Å². The average Bonchev–Trinajstić information content (AvgIpc) is 2.93. The van der Waals surface area contributed by atoms with Crippen LogP contribution in [0.4, 0.5) is 0 Å². The lowest BCUT2D eigenvalue weighted by Crippen LogP contribution is -2.34. The highest BCUT2D eigenvalue weighted by Crippen LogP contribution is 2.26. The van der Waals surface area contributed by atoms with Crippen molar-refractivity contribution < 1.29 is 4.74 Å². The van der Waals surface area contributed by atoms with Crippen molar-refractivity contribution in [3.63, 3.8) is 0 Å². The number of nitrogens with zero attached hydrogens (tertiary/aromatic N) is 2. The van der Waals surface area contributed by atoms with Gasteiger partial charge in [-0.2, -0.15) is 15.4 Å². The molecule has 1 fully saturated rings. The lowest BCUT2D eigenvalue weighted by atomic mass is 10.0. The van der Waals surface area contributed by atoms with Crippen molar-refractivity contribution in [2.45, 2.75) is 6.04 Å². The first-order valence-corrected chi connectivity index (χ1v) is 6.18. The second kappa shape index (κ2) is 5.06. The first-order valence-electron chi connectivity index (χ1n) is 5.81. The Morgan fingerprint density at radius 1 is 1.33 bits per heavy atom. The number of ether oxygens (including phenoxy) is 1. The number of aromatic amines is 1. The standard InChI is InChI=1S/C12H13ClN4O/c13-10-4-8(11-6-15-17-16-11)3-9(5-10)12-7-18-2-1-14-12/h3-6,12,14H,1-2,7H2,(H,15,16,17). The van der Waals surface area contributed by atoms with E-state index in [0.29, 0.717) is 11.6 Å².